The van der Waals surface area contributed by atoms with Crippen LogP contribution in [0.4, 0.5) is 0 Å². The highest BCUT2D eigenvalue weighted by molar-refractivity contribution is 6.08. The molecular formula is C39H36N4O4. The average molecular weight is 625 g/mol. The molecule has 0 saturated carbocycles. The Morgan fingerprint density at radius 2 is 1.02 bits per heavy atom. The largest absolute Gasteiger partial charge is 0.497 e. The lowest BCUT2D eigenvalue weighted by Crippen LogP contribution is -2.42. The number of nitrogens with zero attached hydrogens (tertiary/aromatic N) is 2. The molecule has 0 aliphatic rings. The van der Waals surface area contributed by atoms with Gasteiger partial charge in [-0.15, -0.1) is 0 Å². The summed E-state index contributed by atoms with van der Waals surface area (Å²) in [5.74, 6) is 0.998. The standard InChI is InChI=1S/C39H36N4O4/c1-39(2,23-40-37(44)31-21-35(25-11-9-13-27(19-25)46-3)42-33-17-7-5-15-29(31)33)24-41-38(45)32-22-36(26-12-10-14-28(20-26)47-4)43-34-18-8-6-16-30(32)34/h5-22H,23-24H2,1-4H3,(H,40,44)(H,41,45). The van der Waals surface area contributed by atoms with Crippen molar-refractivity contribution < 1.29 is 19.1 Å². The molecule has 0 spiro atoms. The number of nitrogens with one attached hydrogen (secondary N) is 2. The van der Waals surface area contributed by atoms with Crippen molar-refractivity contribution >= 4 is 33.6 Å². The maximum Gasteiger partial charge on any atom is 0.252 e. The topological polar surface area (TPSA) is 102 Å². The molecule has 6 rings (SSSR count). The zero-order valence-corrected chi connectivity index (χ0v) is 26.8. The normalized spacial score (nSPS) is 11.3. The highest BCUT2D eigenvalue weighted by Gasteiger charge is 2.23. The number of rotatable bonds is 10. The SMILES string of the molecule is COc1cccc(-c2cc(C(=O)NCC(C)(C)CNC(=O)c3cc(-c4cccc(OC)c4)nc4ccccc34)c3ccccc3n2)c1. The molecule has 236 valence electrons. The Bertz CT molecular complexity index is 1960. The van der Waals surface area contributed by atoms with Gasteiger partial charge in [-0.05, 0) is 53.9 Å². The molecule has 8 nitrogen and oxygen atoms in total. The van der Waals surface area contributed by atoms with E-state index in [1.165, 1.54) is 0 Å². The van der Waals surface area contributed by atoms with Gasteiger partial charge in [0.15, 0.2) is 0 Å². The summed E-state index contributed by atoms with van der Waals surface area (Å²) in [6, 6.07) is 34.1. The molecule has 6 aromatic rings. The number of carbonyl (C=O) groups excluding carboxylic acids is 2. The van der Waals surface area contributed by atoms with Gasteiger partial charge in [-0.25, -0.2) is 9.97 Å². The average Bonchev–Trinajstić information content (AvgIpc) is 3.12. The van der Waals surface area contributed by atoms with E-state index in [9.17, 15) is 9.59 Å². The quantitative estimate of drug-likeness (QED) is 0.166. The monoisotopic (exact) mass is 624 g/mol. The summed E-state index contributed by atoms with van der Waals surface area (Å²) in [6.07, 6.45) is 0. The molecule has 0 aliphatic heterocycles. The molecule has 0 fully saturated rings. The van der Waals surface area contributed by atoms with E-state index in [0.717, 1.165) is 32.9 Å². The van der Waals surface area contributed by atoms with E-state index in [1.807, 2.05) is 123 Å². The lowest BCUT2D eigenvalue weighted by molar-refractivity contribution is 0.0921. The van der Waals surface area contributed by atoms with Crippen LogP contribution in [0.25, 0.3) is 44.3 Å². The summed E-state index contributed by atoms with van der Waals surface area (Å²) in [5, 5.41) is 7.73. The van der Waals surface area contributed by atoms with Gasteiger partial charge in [0.05, 0.1) is 47.8 Å². The van der Waals surface area contributed by atoms with Gasteiger partial charge in [0.25, 0.3) is 11.8 Å². The third kappa shape index (κ3) is 6.92. The maximum absolute atomic E-state index is 13.7. The zero-order chi connectivity index (χ0) is 33.0. The van der Waals surface area contributed by atoms with Crippen LogP contribution in [0.5, 0.6) is 11.5 Å². The summed E-state index contributed by atoms with van der Waals surface area (Å²) in [6.45, 7) is 4.69. The highest BCUT2D eigenvalue weighted by atomic mass is 16.5. The molecule has 0 saturated heterocycles. The molecule has 0 radical (unpaired) electrons. The molecule has 4 aromatic carbocycles. The maximum atomic E-state index is 13.7. The van der Waals surface area contributed by atoms with Crippen molar-refractivity contribution in [1.82, 2.24) is 20.6 Å². The summed E-state index contributed by atoms with van der Waals surface area (Å²) < 4.78 is 10.8. The fourth-order valence-corrected chi connectivity index (χ4v) is 5.48. The minimum atomic E-state index is -0.456. The van der Waals surface area contributed by atoms with Crippen LogP contribution in [0, 0.1) is 5.41 Å². The van der Waals surface area contributed by atoms with Crippen LogP contribution >= 0.6 is 0 Å². The highest BCUT2D eigenvalue weighted by Crippen LogP contribution is 2.29. The van der Waals surface area contributed by atoms with Gasteiger partial charge in [0, 0.05) is 35.0 Å². The van der Waals surface area contributed by atoms with E-state index in [2.05, 4.69) is 10.6 Å². The molecule has 0 aliphatic carbocycles. The van der Waals surface area contributed by atoms with Crippen LogP contribution in [-0.4, -0.2) is 49.1 Å². The van der Waals surface area contributed by atoms with Crippen LogP contribution in [0.2, 0.25) is 0 Å². The number of para-hydroxylation sites is 2. The number of benzene rings is 4. The smallest absolute Gasteiger partial charge is 0.252 e. The number of methoxy groups -OCH3 is 2. The second-order valence-electron chi connectivity index (χ2n) is 12.1. The Labute approximate surface area is 273 Å². The number of amides is 2. The number of fused-ring (bicyclic) bond motifs is 2. The van der Waals surface area contributed by atoms with Gasteiger partial charge in [0.1, 0.15) is 11.5 Å². The first-order valence-corrected chi connectivity index (χ1v) is 15.4. The molecule has 47 heavy (non-hydrogen) atoms. The Kier molecular flexibility index (Phi) is 8.84. The van der Waals surface area contributed by atoms with Crippen LogP contribution in [0.3, 0.4) is 0 Å². The van der Waals surface area contributed by atoms with Gasteiger partial charge in [-0.1, -0.05) is 74.5 Å². The van der Waals surface area contributed by atoms with Crippen LogP contribution in [0.15, 0.2) is 109 Å². The molecular weight excluding hydrogens is 588 g/mol. The fraction of sp³-hybridized carbons (Fsp3) is 0.179. The predicted octanol–water partition coefficient (Wildman–Crippen LogP) is 7.32. The van der Waals surface area contributed by atoms with Crippen LogP contribution < -0.4 is 20.1 Å². The van der Waals surface area contributed by atoms with Crippen LogP contribution in [0.1, 0.15) is 34.6 Å². The van der Waals surface area contributed by atoms with Crippen molar-refractivity contribution in [3.8, 4) is 34.0 Å². The number of pyridine rings is 2. The van der Waals surface area contributed by atoms with Crippen LogP contribution in [-0.2, 0) is 0 Å². The summed E-state index contributed by atoms with van der Waals surface area (Å²) >= 11 is 0. The van der Waals surface area contributed by atoms with E-state index in [-0.39, 0.29) is 11.8 Å². The number of hydrogen-bond acceptors (Lipinski definition) is 6. The van der Waals surface area contributed by atoms with Gasteiger partial charge < -0.3 is 20.1 Å². The minimum absolute atomic E-state index is 0.213. The van der Waals surface area contributed by atoms with Gasteiger partial charge in [0.2, 0.25) is 0 Å². The first kappa shape index (κ1) is 31.2. The number of aromatic nitrogens is 2. The summed E-state index contributed by atoms with van der Waals surface area (Å²) in [5.41, 5.74) is 5.11. The van der Waals surface area contributed by atoms with Gasteiger partial charge >= 0.3 is 0 Å². The number of hydrogen-bond donors (Lipinski definition) is 2. The van der Waals surface area contributed by atoms with Gasteiger partial charge in [-0.2, -0.15) is 0 Å². The van der Waals surface area contributed by atoms with E-state index in [0.29, 0.717) is 47.1 Å². The Hall–Kier alpha value is -5.76. The molecule has 2 amide bonds. The van der Waals surface area contributed by atoms with Crippen molar-refractivity contribution in [2.24, 2.45) is 5.41 Å². The van der Waals surface area contributed by atoms with E-state index < -0.39 is 5.41 Å². The van der Waals surface area contributed by atoms with Crippen molar-refractivity contribution in [1.29, 1.82) is 0 Å². The lowest BCUT2D eigenvalue weighted by atomic mass is 9.92. The molecule has 2 N–H and O–H groups in total. The fourth-order valence-electron chi connectivity index (χ4n) is 5.48. The zero-order valence-electron chi connectivity index (χ0n) is 26.8. The van der Waals surface area contributed by atoms with E-state index >= 15 is 0 Å². The molecule has 2 heterocycles. The number of ether oxygens (including phenoxy) is 2. The Balaban J connectivity index is 1.19. The summed E-state index contributed by atoms with van der Waals surface area (Å²) in [7, 11) is 3.24. The second-order valence-corrected chi connectivity index (χ2v) is 12.1. The first-order valence-electron chi connectivity index (χ1n) is 15.4. The molecule has 0 atom stereocenters. The molecule has 2 aromatic heterocycles. The lowest BCUT2D eigenvalue weighted by Gasteiger charge is -2.26. The minimum Gasteiger partial charge on any atom is -0.497 e. The van der Waals surface area contributed by atoms with Crippen molar-refractivity contribution in [3.63, 3.8) is 0 Å². The summed E-state index contributed by atoms with van der Waals surface area (Å²) in [4.78, 5) is 37.0. The third-order valence-corrected chi connectivity index (χ3v) is 8.11. The van der Waals surface area contributed by atoms with Gasteiger partial charge in [-0.3, -0.25) is 9.59 Å². The Morgan fingerprint density at radius 1 is 0.596 bits per heavy atom. The van der Waals surface area contributed by atoms with E-state index in [4.69, 9.17) is 19.4 Å². The second kappa shape index (κ2) is 13.3. The molecule has 8 heteroatoms. The third-order valence-electron chi connectivity index (χ3n) is 8.11. The Morgan fingerprint density at radius 3 is 1.45 bits per heavy atom. The van der Waals surface area contributed by atoms with Crippen molar-refractivity contribution in [2.75, 3.05) is 27.3 Å². The number of carbonyl (C=O) groups is 2. The van der Waals surface area contributed by atoms with Crippen molar-refractivity contribution in [2.45, 2.75) is 13.8 Å². The predicted molar refractivity (Wildman–Crippen MR) is 186 cm³/mol. The van der Waals surface area contributed by atoms with E-state index in [1.54, 1.807) is 14.2 Å². The molecule has 0 bridgehead atoms. The first-order chi connectivity index (χ1) is 22.7. The van der Waals surface area contributed by atoms with Crippen molar-refractivity contribution in [3.05, 3.63) is 120 Å². The molecule has 0 unspecified atom stereocenters.